The number of aryl methyl sites for hydroxylation is 2. The second kappa shape index (κ2) is 7.65. The molecule has 1 saturated heterocycles. The number of rotatable bonds is 5. The molecule has 26 heavy (non-hydrogen) atoms. The van der Waals surface area contributed by atoms with Crippen molar-refractivity contribution >= 4 is 11.6 Å². The summed E-state index contributed by atoms with van der Waals surface area (Å²) in [6.45, 7) is 8.54. The lowest BCUT2D eigenvalue weighted by Crippen LogP contribution is -2.48. The van der Waals surface area contributed by atoms with Gasteiger partial charge in [0.15, 0.2) is 0 Å². The van der Waals surface area contributed by atoms with Crippen molar-refractivity contribution in [3.63, 3.8) is 0 Å². The lowest BCUT2D eigenvalue weighted by Gasteiger charge is -2.34. The van der Waals surface area contributed by atoms with Gasteiger partial charge in [0.2, 0.25) is 0 Å². The third kappa shape index (κ3) is 3.91. The lowest BCUT2D eigenvalue weighted by molar-refractivity contribution is -0.384. The van der Waals surface area contributed by atoms with Gasteiger partial charge in [-0.15, -0.1) is 0 Å². The summed E-state index contributed by atoms with van der Waals surface area (Å²) >= 11 is 0. The van der Waals surface area contributed by atoms with Crippen molar-refractivity contribution in [3.8, 4) is 0 Å². The number of non-ortho nitro benzene ring substituents is 1. The summed E-state index contributed by atoms with van der Waals surface area (Å²) in [4.78, 5) is 27.1. The number of nitro groups is 1. The molecule has 1 aromatic carbocycles. The molecule has 1 aliphatic heterocycles. The standard InChI is InChI=1S/C18H23N5O3/c1-3-22-13-16(14(2)19-22)12-20-7-9-21(10-8-20)18(24)15-5-4-6-17(11-15)23(25)26/h4-6,11,13H,3,7-10,12H2,1-2H3. The molecular weight excluding hydrogens is 334 g/mol. The SMILES string of the molecule is CCn1cc(CN2CCN(C(=O)c3cccc([N+](=O)[O-])c3)CC2)c(C)n1. The summed E-state index contributed by atoms with van der Waals surface area (Å²) in [5.74, 6) is -0.150. The molecule has 1 aliphatic rings. The Hall–Kier alpha value is -2.74. The summed E-state index contributed by atoms with van der Waals surface area (Å²) in [6, 6.07) is 5.92. The molecule has 2 heterocycles. The maximum atomic E-state index is 12.6. The number of amides is 1. The van der Waals surface area contributed by atoms with Gasteiger partial charge in [0.1, 0.15) is 0 Å². The smallest absolute Gasteiger partial charge is 0.270 e. The predicted octanol–water partition coefficient (Wildman–Crippen LogP) is 2.08. The summed E-state index contributed by atoms with van der Waals surface area (Å²) in [7, 11) is 0. The molecule has 0 unspecified atom stereocenters. The van der Waals surface area contributed by atoms with Crippen LogP contribution in [0.25, 0.3) is 0 Å². The third-order valence-electron chi connectivity index (χ3n) is 4.73. The number of hydrogen-bond donors (Lipinski definition) is 0. The molecule has 0 bridgehead atoms. The fourth-order valence-electron chi connectivity index (χ4n) is 3.16. The van der Waals surface area contributed by atoms with E-state index in [0.29, 0.717) is 18.7 Å². The van der Waals surface area contributed by atoms with Crippen LogP contribution in [0.3, 0.4) is 0 Å². The molecule has 8 heteroatoms. The van der Waals surface area contributed by atoms with Crippen molar-refractivity contribution in [1.29, 1.82) is 0 Å². The molecule has 1 amide bonds. The molecule has 0 aliphatic carbocycles. The van der Waals surface area contributed by atoms with Gasteiger partial charge in [0.05, 0.1) is 10.6 Å². The van der Waals surface area contributed by atoms with Gasteiger partial charge >= 0.3 is 0 Å². The fourth-order valence-corrected chi connectivity index (χ4v) is 3.16. The van der Waals surface area contributed by atoms with Crippen LogP contribution in [-0.2, 0) is 13.1 Å². The molecule has 0 radical (unpaired) electrons. The number of carbonyl (C=O) groups is 1. The minimum atomic E-state index is -0.479. The van der Waals surface area contributed by atoms with E-state index in [1.807, 2.05) is 11.6 Å². The molecule has 0 spiro atoms. The Morgan fingerprint density at radius 2 is 2.00 bits per heavy atom. The van der Waals surface area contributed by atoms with Crippen LogP contribution >= 0.6 is 0 Å². The van der Waals surface area contributed by atoms with Crippen molar-refractivity contribution in [1.82, 2.24) is 19.6 Å². The highest BCUT2D eigenvalue weighted by atomic mass is 16.6. The highest BCUT2D eigenvalue weighted by molar-refractivity contribution is 5.94. The van der Waals surface area contributed by atoms with Gasteiger partial charge in [-0.3, -0.25) is 24.5 Å². The van der Waals surface area contributed by atoms with Crippen LogP contribution in [-0.4, -0.2) is 56.6 Å². The van der Waals surface area contributed by atoms with E-state index in [2.05, 4.69) is 23.1 Å². The number of nitro benzene ring substituents is 1. The van der Waals surface area contributed by atoms with Crippen molar-refractivity contribution in [2.75, 3.05) is 26.2 Å². The number of carbonyl (C=O) groups excluding carboxylic acids is 1. The van der Waals surface area contributed by atoms with Crippen molar-refractivity contribution in [2.45, 2.75) is 26.9 Å². The van der Waals surface area contributed by atoms with Gasteiger partial charge in [-0.25, -0.2) is 0 Å². The maximum absolute atomic E-state index is 12.6. The van der Waals surface area contributed by atoms with Gasteiger partial charge in [-0.05, 0) is 19.9 Å². The normalized spacial score (nSPS) is 15.2. The molecule has 1 aromatic heterocycles. The van der Waals surface area contributed by atoms with Crippen molar-refractivity contribution in [2.24, 2.45) is 0 Å². The Bertz CT molecular complexity index is 809. The largest absolute Gasteiger partial charge is 0.336 e. The first kappa shape index (κ1) is 18.1. The van der Waals surface area contributed by atoms with E-state index in [0.717, 1.165) is 31.9 Å². The Balaban J connectivity index is 1.59. The van der Waals surface area contributed by atoms with E-state index in [9.17, 15) is 14.9 Å². The van der Waals surface area contributed by atoms with Crippen LogP contribution < -0.4 is 0 Å². The van der Waals surface area contributed by atoms with Crippen molar-refractivity contribution < 1.29 is 9.72 Å². The molecule has 0 saturated carbocycles. The first-order valence-corrected chi connectivity index (χ1v) is 8.77. The minimum Gasteiger partial charge on any atom is -0.336 e. The molecule has 1 fully saturated rings. The van der Waals surface area contributed by atoms with E-state index in [1.165, 1.54) is 17.7 Å². The average molecular weight is 357 g/mol. The second-order valence-electron chi connectivity index (χ2n) is 6.47. The summed E-state index contributed by atoms with van der Waals surface area (Å²) in [5.41, 5.74) is 2.57. The average Bonchev–Trinajstić information content (AvgIpc) is 3.01. The van der Waals surface area contributed by atoms with Crippen LogP contribution in [0, 0.1) is 17.0 Å². The first-order valence-electron chi connectivity index (χ1n) is 8.77. The third-order valence-corrected chi connectivity index (χ3v) is 4.73. The number of piperazine rings is 1. The zero-order chi connectivity index (χ0) is 18.7. The van der Waals surface area contributed by atoms with Crippen LogP contribution in [0.2, 0.25) is 0 Å². The molecule has 138 valence electrons. The van der Waals surface area contributed by atoms with Crippen LogP contribution in [0.1, 0.15) is 28.5 Å². The zero-order valence-corrected chi connectivity index (χ0v) is 15.1. The molecule has 0 atom stereocenters. The van der Waals surface area contributed by atoms with E-state index in [-0.39, 0.29) is 11.6 Å². The molecular formula is C18H23N5O3. The summed E-state index contributed by atoms with van der Waals surface area (Å²) in [5, 5.41) is 15.4. The number of nitrogens with zero attached hydrogens (tertiary/aromatic N) is 5. The summed E-state index contributed by atoms with van der Waals surface area (Å²) < 4.78 is 1.94. The van der Waals surface area contributed by atoms with E-state index in [4.69, 9.17) is 0 Å². The lowest BCUT2D eigenvalue weighted by atomic mass is 10.1. The quantitative estimate of drug-likeness (QED) is 0.604. The molecule has 3 rings (SSSR count). The van der Waals surface area contributed by atoms with E-state index >= 15 is 0 Å². The first-order chi connectivity index (χ1) is 12.5. The Kier molecular flexibility index (Phi) is 5.32. The molecule has 0 N–H and O–H groups in total. The number of aromatic nitrogens is 2. The Morgan fingerprint density at radius 1 is 1.27 bits per heavy atom. The minimum absolute atomic E-state index is 0.0575. The zero-order valence-electron chi connectivity index (χ0n) is 15.1. The highest BCUT2D eigenvalue weighted by Gasteiger charge is 2.23. The van der Waals surface area contributed by atoms with E-state index in [1.54, 1.807) is 17.0 Å². The Labute approximate surface area is 152 Å². The van der Waals surface area contributed by atoms with Crippen LogP contribution in [0.15, 0.2) is 30.5 Å². The van der Waals surface area contributed by atoms with Crippen LogP contribution in [0.4, 0.5) is 5.69 Å². The van der Waals surface area contributed by atoms with Gasteiger partial charge in [-0.2, -0.15) is 5.10 Å². The van der Waals surface area contributed by atoms with Gasteiger partial charge in [0.25, 0.3) is 11.6 Å². The highest BCUT2D eigenvalue weighted by Crippen LogP contribution is 2.17. The van der Waals surface area contributed by atoms with Gasteiger partial charge in [0, 0.05) is 68.7 Å². The number of benzene rings is 1. The van der Waals surface area contributed by atoms with Gasteiger partial charge < -0.3 is 4.90 Å². The van der Waals surface area contributed by atoms with E-state index < -0.39 is 4.92 Å². The van der Waals surface area contributed by atoms with Crippen molar-refractivity contribution in [3.05, 3.63) is 57.4 Å². The topological polar surface area (TPSA) is 84.5 Å². The Morgan fingerprint density at radius 3 is 2.62 bits per heavy atom. The molecule has 2 aromatic rings. The predicted molar refractivity (Wildman–Crippen MR) is 96.9 cm³/mol. The monoisotopic (exact) mass is 357 g/mol. The second-order valence-corrected chi connectivity index (χ2v) is 6.47. The van der Waals surface area contributed by atoms with Gasteiger partial charge in [-0.1, -0.05) is 6.07 Å². The van der Waals surface area contributed by atoms with Crippen LogP contribution in [0.5, 0.6) is 0 Å². The number of hydrogen-bond acceptors (Lipinski definition) is 5. The summed E-state index contributed by atoms with van der Waals surface area (Å²) in [6.07, 6.45) is 2.08. The molecule has 8 nitrogen and oxygen atoms in total. The fraction of sp³-hybridized carbons (Fsp3) is 0.444. The maximum Gasteiger partial charge on any atom is 0.270 e.